The van der Waals surface area contributed by atoms with E-state index < -0.39 is 124 Å². The van der Waals surface area contributed by atoms with E-state index in [0.717, 1.165) is 70.6 Å². The third-order valence-corrected chi connectivity index (χ3v) is 19.4. The van der Waals surface area contributed by atoms with Crippen LogP contribution in [0.2, 0.25) is 0 Å². The van der Waals surface area contributed by atoms with Gasteiger partial charge in [0.05, 0.1) is 38.6 Å². The molecular weight excluding hydrogens is 1270 g/mol. The summed E-state index contributed by atoms with van der Waals surface area (Å²) in [6.45, 7) is 1.62. The zero-order valence-electron chi connectivity index (χ0n) is 61.9. The van der Waals surface area contributed by atoms with Crippen molar-refractivity contribution in [2.45, 2.75) is 394 Å². The number of hydrogen-bond donors (Lipinski definition) is 12. The van der Waals surface area contributed by atoms with Crippen molar-refractivity contribution < 1.29 is 89.4 Å². The lowest BCUT2D eigenvalue weighted by molar-refractivity contribution is -0.379. The Bertz CT molecular complexity index is 2140. The quantitative estimate of drug-likeness (QED) is 0.0199. The van der Waals surface area contributed by atoms with Crippen molar-refractivity contribution in [1.82, 2.24) is 5.32 Å². The lowest BCUT2D eigenvalue weighted by atomic mass is 9.96. The molecule has 19 nitrogen and oxygen atoms in total. The van der Waals surface area contributed by atoms with Crippen molar-refractivity contribution in [2.75, 3.05) is 26.4 Å². The van der Waals surface area contributed by atoms with Crippen LogP contribution in [-0.2, 0) is 33.2 Å². The Labute approximate surface area is 603 Å². The minimum Gasteiger partial charge on any atom is -0.394 e. The number of ether oxygens (including phenoxy) is 6. The normalized spacial score (nSPS) is 26.9. The summed E-state index contributed by atoms with van der Waals surface area (Å²) in [5.41, 5.74) is 0. The zero-order valence-corrected chi connectivity index (χ0v) is 61.9. The molecule has 19 heteroatoms. The summed E-state index contributed by atoms with van der Waals surface area (Å²) in [5.74, 6) is -0.287. The number of carbonyl (C=O) groups excluding carboxylic acids is 1. The molecule has 3 aliphatic heterocycles. The van der Waals surface area contributed by atoms with Gasteiger partial charge in [-0.25, -0.2) is 0 Å². The smallest absolute Gasteiger partial charge is 0.220 e. The largest absolute Gasteiger partial charge is 0.394 e. The van der Waals surface area contributed by atoms with E-state index in [0.29, 0.717) is 12.8 Å². The van der Waals surface area contributed by atoms with Gasteiger partial charge in [-0.2, -0.15) is 0 Å². The van der Waals surface area contributed by atoms with Crippen LogP contribution in [0.3, 0.4) is 0 Å². The highest BCUT2D eigenvalue weighted by molar-refractivity contribution is 5.76. The van der Waals surface area contributed by atoms with Gasteiger partial charge >= 0.3 is 0 Å². The molecule has 0 aromatic heterocycles. The number of carbonyl (C=O) groups is 1. The summed E-state index contributed by atoms with van der Waals surface area (Å²) < 4.78 is 34.4. The first-order valence-corrected chi connectivity index (χ1v) is 39.8. The van der Waals surface area contributed by atoms with E-state index in [2.05, 4.69) is 92.1 Å². The van der Waals surface area contributed by atoms with Gasteiger partial charge in [-0.15, -0.1) is 0 Å². The molecule has 0 aliphatic carbocycles. The van der Waals surface area contributed by atoms with Crippen LogP contribution in [0, 0.1) is 0 Å². The maximum atomic E-state index is 13.5. The summed E-state index contributed by atoms with van der Waals surface area (Å²) in [6, 6.07) is -0.999. The molecule has 0 bridgehead atoms. The van der Waals surface area contributed by atoms with Crippen molar-refractivity contribution in [3.63, 3.8) is 0 Å². The lowest BCUT2D eigenvalue weighted by Crippen LogP contribution is -2.66. The first kappa shape index (κ1) is 91.2. The second-order valence-corrected chi connectivity index (χ2v) is 28.1. The molecule has 580 valence electrons. The van der Waals surface area contributed by atoms with Crippen LogP contribution in [0.1, 0.15) is 290 Å². The van der Waals surface area contributed by atoms with E-state index in [1.807, 2.05) is 6.08 Å². The molecule has 3 rings (SSSR count). The maximum absolute atomic E-state index is 13.5. The number of nitrogens with one attached hydrogen (secondary N) is 1. The van der Waals surface area contributed by atoms with Gasteiger partial charge < -0.3 is 89.9 Å². The molecule has 3 heterocycles. The van der Waals surface area contributed by atoms with Crippen LogP contribution in [0.15, 0.2) is 85.1 Å². The summed E-state index contributed by atoms with van der Waals surface area (Å²) >= 11 is 0. The highest BCUT2D eigenvalue weighted by atomic mass is 16.8. The zero-order chi connectivity index (χ0) is 72.5. The van der Waals surface area contributed by atoms with Crippen molar-refractivity contribution in [3.8, 4) is 0 Å². The first-order chi connectivity index (χ1) is 48.8. The second kappa shape index (κ2) is 61.2. The number of aliphatic hydroxyl groups excluding tert-OH is 11. The molecule has 17 atom stereocenters. The predicted molar refractivity (Wildman–Crippen MR) is 397 cm³/mol. The molecule has 3 saturated heterocycles. The second-order valence-electron chi connectivity index (χ2n) is 28.1. The Kier molecular flexibility index (Phi) is 55.8. The van der Waals surface area contributed by atoms with Gasteiger partial charge in [-0.3, -0.25) is 4.79 Å². The van der Waals surface area contributed by atoms with Gasteiger partial charge in [0.1, 0.15) is 73.2 Å². The average Bonchev–Trinajstić information content (AvgIpc) is 0.783. The van der Waals surface area contributed by atoms with Crippen molar-refractivity contribution in [1.29, 1.82) is 0 Å². The highest BCUT2D eigenvalue weighted by Gasteiger charge is 2.53. The monoisotopic (exact) mass is 1420 g/mol. The molecule has 3 fully saturated rings. The third kappa shape index (κ3) is 41.0. The number of rotatable bonds is 62. The predicted octanol–water partition coefficient (Wildman–Crippen LogP) is 13.0. The molecule has 0 spiro atoms. The fourth-order valence-corrected chi connectivity index (χ4v) is 13.0. The Balaban J connectivity index is 1.35. The molecule has 17 unspecified atom stereocenters. The van der Waals surface area contributed by atoms with E-state index in [-0.39, 0.29) is 18.9 Å². The Morgan fingerprint density at radius 3 is 1.12 bits per heavy atom. The standard InChI is InChI=1S/C81H143NO18/c1-3-5-7-9-11-13-15-17-19-21-23-25-26-27-28-29-30-31-32-33-34-35-36-37-38-39-41-43-45-47-49-51-53-55-57-59-69(87)82-64(65(86)58-56-54-52-50-48-46-44-42-40-24-22-20-18-16-14-12-10-8-6-4-2)63-95-79-75(93)72(90)77(67(61-84)97-79)100-81-76(94)73(91)78(68(62-85)98-81)99-80-74(92)71(89)70(88)66(60-83)96-80/h5,7,11,13,17,19,23,25,40,42,48,50,56,58,64-68,70-81,83-86,88-94H,3-4,6,8-10,12,14-16,18,20-22,24,26-39,41,43-47,49,51-55,57,59-63H2,1-2H3,(H,82,87)/b7-5-,13-11-,19-17-,25-23-,42-40+,50-48+,58-56+. The number of unbranched alkanes of at least 4 members (excludes halogenated alkanes) is 34. The molecule has 0 aromatic carbocycles. The van der Waals surface area contributed by atoms with Crippen LogP contribution in [0.25, 0.3) is 0 Å². The summed E-state index contributed by atoms with van der Waals surface area (Å²) in [6.07, 6.45) is 54.4. The Morgan fingerprint density at radius 1 is 0.370 bits per heavy atom. The van der Waals surface area contributed by atoms with E-state index in [1.54, 1.807) is 6.08 Å². The van der Waals surface area contributed by atoms with Crippen LogP contribution >= 0.6 is 0 Å². The van der Waals surface area contributed by atoms with Gasteiger partial charge in [-0.05, 0) is 83.5 Å². The van der Waals surface area contributed by atoms with Gasteiger partial charge in [-0.1, -0.05) is 285 Å². The minimum atomic E-state index is -1.98. The molecule has 1 amide bonds. The van der Waals surface area contributed by atoms with E-state index >= 15 is 0 Å². The molecule has 0 aromatic rings. The van der Waals surface area contributed by atoms with E-state index in [1.165, 1.54) is 186 Å². The van der Waals surface area contributed by atoms with Crippen molar-refractivity contribution in [2.24, 2.45) is 0 Å². The third-order valence-electron chi connectivity index (χ3n) is 19.4. The van der Waals surface area contributed by atoms with E-state index in [9.17, 15) is 61.0 Å². The number of allylic oxidation sites excluding steroid dienone is 13. The number of aliphatic hydroxyl groups is 11. The summed E-state index contributed by atoms with van der Waals surface area (Å²) in [5, 5.41) is 121. The van der Waals surface area contributed by atoms with Crippen LogP contribution in [-0.4, -0.2) is 193 Å². The maximum Gasteiger partial charge on any atom is 0.220 e. The van der Waals surface area contributed by atoms with Gasteiger partial charge in [0.2, 0.25) is 5.91 Å². The molecule has 0 radical (unpaired) electrons. The lowest BCUT2D eigenvalue weighted by Gasteiger charge is -2.48. The fraction of sp³-hybridized carbons (Fsp3) is 0.815. The Hall–Kier alpha value is -3.03. The SMILES string of the molecule is CC/C=C\C/C=C\C/C=C\C/C=C\CCCCCCCCCCCCCCCCCCCCCCCCC(=O)NC(COC1OC(CO)C(OC2OC(CO)C(OC3OC(CO)C(O)C(O)C3O)C(O)C2O)C(O)C1O)C(O)/C=C/CC/C=C/CC/C=C/CCCCCCCCCCCC. The molecule has 12 N–H and O–H groups in total. The Morgan fingerprint density at radius 2 is 0.700 bits per heavy atom. The summed E-state index contributed by atoms with van der Waals surface area (Å²) in [4.78, 5) is 13.5. The van der Waals surface area contributed by atoms with Crippen LogP contribution < -0.4 is 5.32 Å². The minimum absolute atomic E-state index is 0.232. The number of amides is 1. The molecule has 3 aliphatic rings. The van der Waals surface area contributed by atoms with Crippen molar-refractivity contribution in [3.05, 3.63) is 85.1 Å². The van der Waals surface area contributed by atoms with E-state index in [4.69, 9.17) is 28.4 Å². The fourth-order valence-electron chi connectivity index (χ4n) is 13.0. The average molecular weight is 1420 g/mol. The van der Waals surface area contributed by atoms with Gasteiger partial charge in [0.25, 0.3) is 0 Å². The first-order valence-electron chi connectivity index (χ1n) is 39.8. The highest BCUT2D eigenvalue weighted by Crippen LogP contribution is 2.33. The van der Waals surface area contributed by atoms with Gasteiger partial charge in [0.15, 0.2) is 18.9 Å². The number of hydrogen-bond acceptors (Lipinski definition) is 18. The summed E-state index contributed by atoms with van der Waals surface area (Å²) in [7, 11) is 0. The molecule has 0 saturated carbocycles. The topological polar surface area (TPSA) is 307 Å². The van der Waals surface area contributed by atoms with Crippen LogP contribution in [0.4, 0.5) is 0 Å². The molecule has 100 heavy (non-hydrogen) atoms. The van der Waals surface area contributed by atoms with Crippen LogP contribution in [0.5, 0.6) is 0 Å². The molecular formula is C81H143NO18. The van der Waals surface area contributed by atoms with Crippen molar-refractivity contribution >= 4 is 5.91 Å². The van der Waals surface area contributed by atoms with Gasteiger partial charge in [0, 0.05) is 6.42 Å².